The molecule has 0 bridgehead atoms. The molecule has 0 atom stereocenters. The Kier molecular flexibility index (Phi) is 7.00. The van der Waals surface area contributed by atoms with Gasteiger partial charge in [0.2, 0.25) is 0 Å². The average molecular weight is 516 g/mol. The number of nitrogens with zero attached hydrogens (tertiary/aromatic N) is 2. The van der Waals surface area contributed by atoms with Gasteiger partial charge in [-0.05, 0) is 65.9 Å². The molecule has 2 fully saturated rings. The number of carbonyl (C=O) groups excluding carboxylic acids is 2. The first-order valence-electron chi connectivity index (χ1n) is 11.2. The fourth-order valence-corrected chi connectivity index (χ4v) is 6.24. The predicted molar refractivity (Wildman–Crippen MR) is 134 cm³/mol. The molecule has 35 heavy (non-hydrogen) atoms. The molecule has 2 aromatic rings. The van der Waals surface area contributed by atoms with Crippen LogP contribution in [0.25, 0.3) is 6.08 Å². The SMILES string of the molecule is CC1(CN2C(=O)S/C(=C\c3ccc(NS(=O)(=O)c4ccc([N+](=O)[O-])cc4)cc3)C2=O)CCCCC1. The van der Waals surface area contributed by atoms with Crippen molar-refractivity contribution >= 4 is 50.4 Å². The maximum absolute atomic E-state index is 12.9. The summed E-state index contributed by atoms with van der Waals surface area (Å²) in [5.41, 5.74) is 0.698. The molecule has 0 radical (unpaired) electrons. The second kappa shape index (κ2) is 9.82. The largest absolute Gasteiger partial charge is 0.293 e. The van der Waals surface area contributed by atoms with E-state index < -0.39 is 14.9 Å². The standard InChI is InChI=1S/C24H25N3O6S2/c1-24(13-3-2-4-14-24)16-26-22(28)21(34-23(26)29)15-17-5-7-18(8-6-17)25-35(32,33)20-11-9-19(10-12-20)27(30)31/h5-12,15,25H,2-4,13-14,16H2,1H3/b21-15-. The molecule has 1 aliphatic heterocycles. The fraction of sp³-hybridized carbons (Fsp3) is 0.333. The van der Waals surface area contributed by atoms with E-state index in [1.54, 1.807) is 30.3 Å². The number of hydrogen-bond donors (Lipinski definition) is 1. The number of nitro groups is 1. The number of imide groups is 1. The van der Waals surface area contributed by atoms with Crippen LogP contribution in [-0.4, -0.2) is 35.9 Å². The Morgan fingerprint density at radius 1 is 1.06 bits per heavy atom. The van der Waals surface area contributed by atoms with Crippen molar-refractivity contribution in [2.75, 3.05) is 11.3 Å². The van der Waals surface area contributed by atoms with Gasteiger partial charge in [0, 0.05) is 24.4 Å². The first-order valence-corrected chi connectivity index (χ1v) is 13.5. The van der Waals surface area contributed by atoms with Crippen LogP contribution in [0.4, 0.5) is 16.2 Å². The number of thioether (sulfide) groups is 1. The van der Waals surface area contributed by atoms with Crippen LogP contribution in [0.1, 0.15) is 44.6 Å². The second-order valence-electron chi connectivity index (χ2n) is 9.12. The lowest BCUT2D eigenvalue weighted by atomic mass is 9.75. The van der Waals surface area contributed by atoms with Crippen molar-refractivity contribution in [1.82, 2.24) is 4.90 Å². The third-order valence-corrected chi connectivity index (χ3v) is 8.60. The van der Waals surface area contributed by atoms with Crippen molar-refractivity contribution in [1.29, 1.82) is 0 Å². The van der Waals surface area contributed by atoms with Crippen molar-refractivity contribution in [3.8, 4) is 0 Å². The van der Waals surface area contributed by atoms with Crippen molar-refractivity contribution in [2.45, 2.75) is 43.9 Å². The zero-order valence-electron chi connectivity index (χ0n) is 19.1. The van der Waals surface area contributed by atoms with Gasteiger partial charge in [-0.2, -0.15) is 0 Å². The smallest absolute Gasteiger partial charge is 0.280 e. The summed E-state index contributed by atoms with van der Waals surface area (Å²) in [4.78, 5) is 37.2. The van der Waals surface area contributed by atoms with Gasteiger partial charge >= 0.3 is 0 Å². The van der Waals surface area contributed by atoms with E-state index in [4.69, 9.17) is 0 Å². The first kappa shape index (κ1) is 24.9. The molecular formula is C24H25N3O6S2. The van der Waals surface area contributed by atoms with E-state index >= 15 is 0 Å². The summed E-state index contributed by atoms with van der Waals surface area (Å²) in [6.45, 7) is 2.56. The van der Waals surface area contributed by atoms with E-state index in [2.05, 4.69) is 11.6 Å². The minimum Gasteiger partial charge on any atom is -0.280 e. The van der Waals surface area contributed by atoms with Crippen molar-refractivity contribution < 1.29 is 22.9 Å². The highest BCUT2D eigenvalue weighted by Gasteiger charge is 2.40. The summed E-state index contributed by atoms with van der Waals surface area (Å²) in [7, 11) is -3.93. The van der Waals surface area contributed by atoms with Crippen LogP contribution in [0.2, 0.25) is 0 Å². The highest BCUT2D eigenvalue weighted by molar-refractivity contribution is 8.18. The number of non-ortho nitro benzene ring substituents is 1. The Bertz CT molecular complexity index is 1280. The van der Waals surface area contributed by atoms with E-state index in [0.29, 0.717) is 22.7 Å². The van der Waals surface area contributed by atoms with Gasteiger partial charge < -0.3 is 0 Å². The Labute approximate surface area is 207 Å². The fourth-order valence-electron chi connectivity index (χ4n) is 4.34. The van der Waals surface area contributed by atoms with E-state index in [1.165, 1.54) is 23.5 Å². The molecular weight excluding hydrogens is 490 g/mol. The van der Waals surface area contributed by atoms with Crippen LogP contribution in [0.3, 0.4) is 0 Å². The van der Waals surface area contributed by atoms with Crippen LogP contribution >= 0.6 is 11.8 Å². The molecule has 0 aromatic heterocycles. The molecule has 1 saturated carbocycles. The second-order valence-corrected chi connectivity index (χ2v) is 11.8. The Morgan fingerprint density at radius 3 is 2.29 bits per heavy atom. The summed E-state index contributed by atoms with van der Waals surface area (Å²) in [5.74, 6) is -0.297. The molecule has 0 unspecified atom stereocenters. The predicted octanol–water partition coefficient (Wildman–Crippen LogP) is 5.40. The molecule has 1 heterocycles. The summed E-state index contributed by atoms with van der Waals surface area (Å²) in [6.07, 6.45) is 7.06. The number of benzene rings is 2. The number of carbonyl (C=O) groups is 2. The lowest BCUT2D eigenvalue weighted by Crippen LogP contribution is -2.39. The lowest BCUT2D eigenvalue weighted by molar-refractivity contribution is -0.384. The van der Waals surface area contributed by atoms with Gasteiger partial charge in [0.15, 0.2) is 0 Å². The Balaban J connectivity index is 1.44. The van der Waals surface area contributed by atoms with Crippen LogP contribution < -0.4 is 4.72 Å². The normalized spacial score (nSPS) is 19.2. The van der Waals surface area contributed by atoms with Gasteiger partial charge in [-0.25, -0.2) is 8.42 Å². The molecule has 1 aliphatic carbocycles. The third-order valence-electron chi connectivity index (χ3n) is 6.29. The van der Waals surface area contributed by atoms with E-state index in [9.17, 15) is 28.1 Å². The number of nitrogens with one attached hydrogen (secondary N) is 1. The van der Waals surface area contributed by atoms with E-state index in [1.807, 2.05) is 0 Å². The molecule has 2 aromatic carbocycles. The summed E-state index contributed by atoms with van der Waals surface area (Å²) in [5, 5.41) is 10.5. The summed E-state index contributed by atoms with van der Waals surface area (Å²) >= 11 is 0.918. The van der Waals surface area contributed by atoms with Gasteiger partial charge in [0.05, 0.1) is 14.7 Å². The zero-order valence-corrected chi connectivity index (χ0v) is 20.7. The van der Waals surface area contributed by atoms with Crippen molar-refractivity contribution in [2.24, 2.45) is 5.41 Å². The molecule has 2 amide bonds. The monoisotopic (exact) mass is 515 g/mol. The van der Waals surface area contributed by atoms with Gasteiger partial charge in [0.25, 0.3) is 26.9 Å². The number of nitro benzene ring substituents is 1. The Morgan fingerprint density at radius 2 is 1.69 bits per heavy atom. The summed E-state index contributed by atoms with van der Waals surface area (Å²) in [6, 6.07) is 11.0. The first-order chi connectivity index (χ1) is 16.6. The molecule has 2 aliphatic rings. The molecule has 9 nitrogen and oxygen atoms in total. The number of anilines is 1. The topological polar surface area (TPSA) is 127 Å². The van der Waals surface area contributed by atoms with Crippen LogP contribution in [-0.2, 0) is 14.8 Å². The number of rotatable bonds is 7. The lowest BCUT2D eigenvalue weighted by Gasteiger charge is -2.35. The quantitative estimate of drug-likeness (QED) is 0.297. The molecule has 184 valence electrons. The van der Waals surface area contributed by atoms with Crippen LogP contribution in [0, 0.1) is 15.5 Å². The van der Waals surface area contributed by atoms with E-state index in [-0.39, 0.29) is 27.1 Å². The maximum atomic E-state index is 12.9. The maximum Gasteiger partial charge on any atom is 0.293 e. The molecule has 11 heteroatoms. The summed E-state index contributed by atoms with van der Waals surface area (Å²) < 4.78 is 27.6. The van der Waals surface area contributed by atoms with Crippen LogP contribution in [0.5, 0.6) is 0 Å². The van der Waals surface area contributed by atoms with Crippen molar-refractivity contribution in [3.63, 3.8) is 0 Å². The molecule has 1 N–H and O–H groups in total. The van der Waals surface area contributed by atoms with Gasteiger partial charge in [-0.1, -0.05) is 38.3 Å². The molecule has 4 rings (SSSR count). The van der Waals surface area contributed by atoms with Gasteiger partial charge in [-0.15, -0.1) is 0 Å². The number of sulfonamides is 1. The Hall–Kier alpha value is -3.18. The van der Waals surface area contributed by atoms with Gasteiger partial charge in [-0.3, -0.25) is 29.3 Å². The highest BCUT2D eigenvalue weighted by Crippen LogP contribution is 2.40. The minimum atomic E-state index is -3.93. The van der Waals surface area contributed by atoms with E-state index in [0.717, 1.165) is 49.6 Å². The van der Waals surface area contributed by atoms with Crippen LogP contribution in [0.15, 0.2) is 58.3 Å². The molecule has 0 spiro atoms. The van der Waals surface area contributed by atoms with Gasteiger partial charge in [0.1, 0.15) is 0 Å². The minimum absolute atomic E-state index is 0.0396. The highest BCUT2D eigenvalue weighted by atomic mass is 32.2. The van der Waals surface area contributed by atoms with Crippen molar-refractivity contribution in [3.05, 3.63) is 69.1 Å². The number of hydrogen-bond acceptors (Lipinski definition) is 7. The zero-order chi connectivity index (χ0) is 25.2. The molecule has 1 saturated heterocycles. The number of amides is 2. The average Bonchev–Trinajstić information content (AvgIpc) is 3.07. The third kappa shape index (κ3) is 5.73.